The van der Waals surface area contributed by atoms with Crippen LogP contribution >= 0.6 is 0 Å². The van der Waals surface area contributed by atoms with Gasteiger partial charge in [0.2, 0.25) is 0 Å². The molecule has 0 aliphatic heterocycles. The number of carbonyl (C=O) groups is 1. The highest BCUT2D eigenvalue weighted by Gasteiger charge is 2.01. The first kappa shape index (κ1) is 23.0. The molecular formula is C13H24N3O4. The molecule has 1 aromatic carbocycles. The molecule has 1 rings (SSSR count). The molecule has 7 heteroatoms. The molecule has 0 saturated carbocycles. The summed E-state index contributed by atoms with van der Waals surface area (Å²) in [7, 11) is 0. The maximum absolute atomic E-state index is 9.53. The fourth-order valence-corrected chi connectivity index (χ4v) is 0.385. The van der Waals surface area contributed by atoms with Gasteiger partial charge in [-0.3, -0.25) is 5.41 Å². The summed E-state index contributed by atoms with van der Waals surface area (Å²) < 4.78 is 0. The lowest BCUT2D eigenvalue weighted by atomic mass is 10.4. The molecule has 1 radical (unpaired) electrons. The monoisotopic (exact) mass is 286 g/mol. The third kappa shape index (κ3) is 56.6. The maximum atomic E-state index is 9.53. The Hall–Kier alpha value is -2.12. The van der Waals surface area contributed by atoms with Crippen molar-refractivity contribution in [3.63, 3.8) is 0 Å². The molecule has 0 aromatic heterocycles. The Morgan fingerprint density at radius 3 is 1.15 bits per heavy atom. The van der Waals surface area contributed by atoms with Gasteiger partial charge < -0.3 is 21.7 Å². The zero-order valence-corrected chi connectivity index (χ0v) is 12.0. The molecule has 7 N–H and O–H groups in total. The Labute approximate surface area is 119 Å². The summed E-state index contributed by atoms with van der Waals surface area (Å²) in [6, 6.07) is 12.0. The van der Waals surface area contributed by atoms with Crippen LogP contribution in [-0.4, -0.2) is 34.3 Å². The van der Waals surface area contributed by atoms with Crippen molar-refractivity contribution in [2.45, 2.75) is 33.0 Å². The van der Waals surface area contributed by atoms with Crippen molar-refractivity contribution in [1.29, 1.82) is 5.41 Å². The fourth-order valence-electron chi connectivity index (χ4n) is 0.385. The Balaban J connectivity index is -0.000000197. The van der Waals surface area contributed by atoms with E-state index in [0.717, 1.165) is 0 Å². The summed E-state index contributed by atoms with van der Waals surface area (Å²) >= 11 is 0. The van der Waals surface area contributed by atoms with Gasteiger partial charge in [0.1, 0.15) is 6.10 Å². The van der Waals surface area contributed by atoms with Gasteiger partial charge in [-0.05, 0) is 20.8 Å². The molecular weight excluding hydrogens is 262 g/mol. The van der Waals surface area contributed by atoms with Crippen LogP contribution in [0.5, 0.6) is 0 Å². The second kappa shape index (κ2) is 16.9. The number of nitrogens with one attached hydrogen (secondary N) is 1. The predicted octanol–water partition coefficient (Wildman–Crippen LogP) is 0.802. The van der Waals surface area contributed by atoms with Crippen molar-refractivity contribution in [3.05, 3.63) is 36.4 Å². The molecule has 0 fully saturated rings. The fraction of sp³-hybridized carbons (Fsp3) is 0.385. The number of guanidine groups is 1. The van der Waals surface area contributed by atoms with Crippen LogP contribution in [0.1, 0.15) is 20.8 Å². The third-order valence-electron chi connectivity index (χ3n) is 1.02. The topological polar surface area (TPSA) is 153 Å². The quantitative estimate of drug-likeness (QED) is 0.381. The van der Waals surface area contributed by atoms with Gasteiger partial charge >= 0.3 is 5.97 Å². The van der Waals surface area contributed by atoms with E-state index in [1.165, 1.54) is 6.92 Å². The molecule has 0 aliphatic carbocycles. The summed E-state index contributed by atoms with van der Waals surface area (Å²) in [4.78, 5) is 9.45. The highest BCUT2D eigenvalue weighted by atomic mass is 16.4. The standard InChI is InChI=1S/C6H6.C3H6O3.C3H7O.CH5N3/c1-2-4-6-5-3-1;1-2(4)3(5)6;1-3(2)4;2-1(3)4/h1-6H;2,4H,1H3,(H,5,6);3H,1-2H3;(H5,2,3,4). The van der Waals surface area contributed by atoms with Gasteiger partial charge in [-0.25, -0.2) is 9.90 Å². The molecule has 1 unspecified atom stereocenters. The molecule has 0 bridgehead atoms. The lowest BCUT2D eigenvalue weighted by Crippen LogP contribution is -2.20. The second-order valence-corrected chi connectivity index (χ2v) is 3.67. The molecule has 1 aromatic rings. The first-order chi connectivity index (χ1) is 9.11. The van der Waals surface area contributed by atoms with Crippen LogP contribution < -0.4 is 11.5 Å². The van der Waals surface area contributed by atoms with Gasteiger partial charge in [0, 0.05) is 0 Å². The van der Waals surface area contributed by atoms with Crippen LogP contribution in [0.3, 0.4) is 0 Å². The maximum Gasteiger partial charge on any atom is 0.332 e. The number of carboxylic acids is 1. The molecule has 0 spiro atoms. The lowest BCUT2D eigenvalue weighted by Gasteiger charge is -1.89. The number of hydrogen-bond donors (Lipinski definition) is 5. The van der Waals surface area contributed by atoms with Gasteiger partial charge in [0.25, 0.3) is 0 Å². The van der Waals surface area contributed by atoms with Crippen LogP contribution in [0.25, 0.3) is 0 Å². The lowest BCUT2D eigenvalue weighted by molar-refractivity contribution is -0.145. The van der Waals surface area contributed by atoms with E-state index in [2.05, 4.69) is 11.5 Å². The summed E-state index contributed by atoms with van der Waals surface area (Å²) in [5.41, 5.74) is 8.94. The van der Waals surface area contributed by atoms with E-state index in [9.17, 15) is 9.90 Å². The van der Waals surface area contributed by atoms with Crippen LogP contribution in [0.4, 0.5) is 0 Å². The van der Waals surface area contributed by atoms with E-state index in [0.29, 0.717) is 0 Å². The Bertz CT molecular complexity index is 296. The molecule has 0 aliphatic rings. The third-order valence-corrected chi connectivity index (χ3v) is 1.02. The van der Waals surface area contributed by atoms with E-state index in [-0.39, 0.29) is 5.96 Å². The van der Waals surface area contributed by atoms with Crippen LogP contribution in [0.15, 0.2) is 36.4 Å². The molecule has 0 heterocycles. The average Bonchev–Trinajstić information content (AvgIpc) is 2.30. The zero-order valence-electron chi connectivity index (χ0n) is 12.0. The first-order valence-electron chi connectivity index (χ1n) is 5.77. The van der Waals surface area contributed by atoms with E-state index >= 15 is 0 Å². The normalized spacial score (nSPS) is 9.50. The van der Waals surface area contributed by atoms with E-state index in [1.54, 1.807) is 13.8 Å². The molecule has 1 atom stereocenters. The minimum atomic E-state index is -1.23. The summed E-state index contributed by atoms with van der Waals surface area (Å²) in [5.74, 6) is -1.52. The number of hydrogen-bond acceptors (Lipinski definition) is 3. The van der Waals surface area contributed by atoms with Gasteiger partial charge in [0.05, 0.1) is 6.10 Å². The number of carboxylic acid groups (broad SMARTS) is 1. The van der Waals surface area contributed by atoms with E-state index in [4.69, 9.17) is 15.6 Å². The first-order valence-corrected chi connectivity index (χ1v) is 5.77. The van der Waals surface area contributed by atoms with Crippen LogP contribution in [0, 0.1) is 5.41 Å². The number of nitrogens with two attached hydrogens (primary N) is 2. The number of aliphatic hydroxyl groups excluding tert-OH is 1. The van der Waals surface area contributed by atoms with Gasteiger partial charge in [-0.1, -0.05) is 36.4 Å². The molecule has 0 amide bonds. The summed E-state index contributed by atoms with van der Waals surface area (Å²) in [5, 5.41) is 31.4. The largest absolute Gasteiger partial charge is 0.479 e. The highest BCUT2D eigenvalue weighted by Crippen LogP contribution is 1.79. The Morgan fingerprint density at radius 2 is 1.10 bits per heavy atom. The van der Waals surface area contributed by atoms with Crippen molar-refractivity contribution in [3.8, 4) is 0 Å². The summed E-state index contributed by atoms with van der Waals surface area (Å²) in [6.45, 7) is 4.42. The summed E-state index contributed by atoms with van der Waals surface area (Å²) in [6.07, 6.45) is -1.65. The molecule has 0 saturated heterocycles. The van der Waals surface area contributed by atoms with Crippen molar-refractivity contribution in [2.24, 2.45) is 11.5 Å². The zero-order chi connectivity index (χ0) is 16.6. The number of rotatable bonds is 1. The smallest absolute Gasteiger partial charge is 0.332 e. The molecule has 7 nitrogen and oxygen atoms in total. The van der Waals surface area contributed by atoms with Gasteiger partial charge in [-0.2, -0.15) is 0 Å². The van der Waals surface area contributed by atoms with Crippen molar-refractivity contribution in [1.82, 2.24) is 0 Å². The molecule has 115 valence electrons. The predicted molar refractivity (Wildman–Crippen MR) is 77.7 cm³/mol. The van der Waals surface area contributed by atoms with E-state index in [1.807, 2.05) is 36.4 Å². The second-order valence-electron chi connectivity index (χ2n) is 3.67. The minimum Gasteiger partial charge on any atom is -0.479 e. The van der Waals surface area contributed by atoms with E-state index < -0.39 is 18.2 Å². The number of aliphatic carboxylic acids is 1. The number of benzene rings is 1. The van der Waals surface area contributed by atoms with Crippen molar-refractivity contribution in [2.75, 3.05) is 0 Å². The SMILES string of the molecule is CC(C)[O].CC(O)C(=O)O.N=C(N)N.c1ccccc1. The van der Waals surface area contributed by atoms with Gasteiger partial charge in [0.15, 0.2) is 5.96 Å². The van der Waals surface area contributed by atoms with Crippen LogP contribution in [0.2, 0.25) is 0 Å². The Morgan fingerprint density at radius 1 is 1.00 bits per heavy atom. The highest BCUT2D eigenvalue weighted by molar-refractivity contribution is 5.71. The van der Waals surface area contributed by atoms with Gasteiger partial charge in [-0.15, -0.1) is 0 Å². The van der Waals surface area contributed by atoms with Crippen LogP contribution in [-0.2, 0) is 9.90 Å². The average molecular weight is 286 g/mol. The Kier molecular flexibility index (Phi) is 19.4. The van der Waals surface area contributed by atoms with Crippen molar-refractivity contribution < 1.29 is 20.1 Å². The minimum absolute atomic E-state index is 0.333. The molecule has 20 heavy (non-hydrogen) atoms. The van der Waals surface area contributed by atoms with Crippen molar-refractivity contribution >= 4 is 11.9 Å². The number of aliphatic hydroxyl groups is 1.